The molecule has 0 aliphatic heterocycles. The van der Waals surface area contributed by atoms with E-state index in [4.69, 9.17) is 14.2 Å². The van der Waals surface area contributed by atoms with Crippen LogP contribution in [0.3, 0.4) is 0 Å². The Balaban J connectivity index is 4.07. The fourth-order valence-electron chi connectivity index (χ4n) is 6.53. The van der Waals surface area contributed by atoms with Crippen molar-refractivity contribution in [3.8, 4) is 0 Å². The van der Waals surface area contributed by atoms with Crippen molar-refractivity contribution in [1.82, 2.24) is 10.2 Å². The number of alkyl carbamates (subject to hydrolysis) is 1. The number of rotatable bonds is 43. The molecule has 7 heteroatoms. The third-order valence-electron chi connectivity index (χ3n) is 10.1. The van der Waals surface area contributed by atoms with Crippen LogP contribution in [0, 0.1) is 0 Å². The van der Waals surface area contributed by atoms with Crippen LogP contribution < -0.4 is 5.32 Å². The molecule has 0 aliphatic carbocycles. The summed E-state index contributed by atoms with van der Waals surface area (Å²) in [6.45, 7) is 11.2. The Morgan fingerprint density at radius 1 is 0.528 bits per heavy atom. The lowest BCUT2D eigenvalue weighted by molar-refractivity contribution is 0.0481. The molecule has 0 aromatic rings. The third-order valence-corrected chi connectivity index (χ3v) is 10.1. The summed E-state index contributed by atoms with van der Waals surface area (Å²) in [5.74, 6) is 0. The zero-order chi connectivity index (χ0) is 38.6. The van der Waals surface area contributed by atoms with Gasteiger partial charge in [-0.2, -0.15) is 0 Å². The van der Waals surface area contributed by atoms with Gasteiger partial charge in [-0.25, -0.2) is 4.79 Å². The summed E-state index contributed by atoms with van der Waals surface area (Å²) >= 11 is 0. The maximum atomic E-state index is 12.5. The summed E-state index contributed by atoms with van der Waals surface area (Å²) in [6, 6.07) is -0.231. The van der Waals surface area contributed by atoms with Crippen LogP contribution in [0.4, 0.5) is 4.79 Å². The molecular formula is C46H90N2O5. The number of hydrogen-bond acceptors (Lipinski definition) is 6. The van der Waals surface area contributed by atoms with E-state index in [0.29, 0.717) is 46.1 Å². The van der Waals surface area contributed by atoms with Crippen molar-refractivity contribution >= 4 is 6.09 Å². The zero-order valence-corrected chi connectivity index (χ0v) is 35.6. The van der Waals surface area contributed by atoms with Crippen LogP contribution in [0.15, 0.2) is 24.3 Å². The van der Waals surface area contributed by atoms with Crippen LogP contribution in [0.25, 0.3) is 0 Å². The molecule has 0 saturated heterocycles. The highest BCUT2D eigenvalue weighted by Gasteiger charge is 2.15. The van der Waals surface area contributed by atoms with Crippen molar-refractivity contribution in [3.05, 3.63) is 24.3 Å². The van der Waals surface area contributed by atoms with Crippen LogP contribution in [0.1, 0.15) is 201 Å². The third kappa shape index (κ3) is 41.6. The zero-order valence-electron chi connectivity index (χ0n) is 35.6. The number of unbranched alkanes of at least 4 members (excludes halogenated alkanes) is 24. The van der Waals surface area contributed by atoms with Crippen molar-refractivity contribution in [1.29, 1.82) is 0 Å². The van der Waals surface area contributed by atoms with Gasteiger partial charge in [0.25, 0.3) is 0 Å². The quantitative estimate of drug-likeness (QED) is 0.0477. The summed E-state index contributed by atoms with van der Waals surface area (Å²) in [5, 5.41) is 12.2. The average molecular weight is 751 g/mol. The lowest BCUT2D eigenvalue weighted by atomic mass is 10.1. The highest BCUT2D eigenvalue weighted by molar-refractivity contribution is 5.67. The summed E-state index contributed by atoms with van der Waals surface area (Å²) in [5.41, 5.74) is 0. The van der Waals surface area contributed by atoms with Crippen LogP contribution >= 0.6 is 0 Å². The van der Waals surface area contributed by atoms with Gasteiger partial charge >= 0.3 is 6.09 Å². The second-order valence-corrected chi connectivity index (χ2v) is 15.2. The summed E-state index contributed by atoms with van der Waals surface area (Å²) in [6.07, 6.45) is 45.3. The Kier molecular flexibility index (Phi) is 43.8. The summed E-state index contributed by atoms with van der Waals surface area (Å²) < 4.78 is 17.4. The minimum Gasteiger partial charge on any atom is -0.448 e. The first kappa shape index (κ1) is 51.6. The molecule has 0 aromatic carbocycles. The highest BCUT2D eigenvalue weighted by Crippen LogP contribution is 2.12. The van der Waals surface area contributed by atoms with Crippen LogP contribution in [0.2, 0.25) is 0 Å². The normalized spacial score (nSPS) is 12.0. The van der Waals surface area contributed by atoms with Crippen molar-refractivity contribution < 1.29 is 24.1 Å². The van der Waals surface area contributed by atoms with E-state index >= 15 is 0 Å². The predicted octanol–water partition coefficient (Wildman–Crippen LogP) is 12.5. The molecule has 0 aromatic heterocycles. The number of likely N-dealkylation sites (N-methyl/N-ethyl adjacent to an activating group) is 1. The van der Waals surface area contributed by atoms with Gasteiger partial charge in [0.15, 0.2) is 0 Å². The van der Waals surface area contributed by atoms with Gasteiger partial charge in [-0.05, 0) is 70.8 Å². The lowest BCUT2D eigenvalue weighted by Gasteiger charge is -2.21. The molecule has 2 N–H and O–H groups in total. The molecule has 314 valence electrons. The number of allylic oxidation sites excluding steroid dienone is 4. The van der Waals surface area contributed by atoms with Crippen molar-refractivity contribution in [2.24, 2.45) is 0 Å². The first-order chi connectivity index (χ1) is 26.2. The van der Waals surface area contributed by atoms with E-state index in [1.807, 2.05) is 6.92 Å². The van der Waals surface area contributed by atoms with E-state index in [9.17, 15) is 9.90 Å². The van der Waals surface area contributed by atoms with Crippen molar-refractivity contribution in [3.63, 3.8) is 0 Å². The van der Waals surface area contributed by atoms with Gasteiger partial charge in [0, 0.05) is 26.3 Å². The van der Waals surface area contributed by atoms with Gasteiger partial charge in [-0.1, -0.05) is 161 Å². The fraction of sp³-hybridized carbons (Fsp3) is 0.891. The van der Waals surface area contributed by atoms with E-state index in [1.165, 1.54) is 167 Å². The van der Waals surface area contributed by atoms with Gasteiger partial charge in [-0.15, -0.1) is 0 Å². The number of amides is 1. The standard InChI is InChI=1S/C46H90N2O5/c1-4-7-9-11-13-15-17-19-21-23-25-27-29-31-33-35-40-51-43-45(47-46(50)53-42-38-48(6-3)37-39-49)44-52-41-36-34-32-30-28-26-24-22-20-18-16-14-12-10-8-5-2/h19-22,45,49H,4-18,23-44H2,1-3H3,(H,47,50)/b21-19-,22-20-. The van der Waals surface area contributed by atoms with Crippen LogP contribution in [-0.4, -0.2) is 81.4 Å². The Labute approximate surface area is 329 Å². The molecule has 0 radical (unpaired) electrons. The molecule has 0 atom stereocenters. The smallest absolute Gasteiger partial charge is 0.407 e. The minimum absolute atomic E-state index is 0.102. The second-order valence-electron chi connectivity index (χ2n) is 15.2. The average Bonchev–Trinajstić information content (AvgIpc) is 3.16. The molecule has 0 bridgehead atoms. The topological polar surface area (TPSA) is 80.3 Å². The minimum atomic E-state index is -0.434. The SMILES string of the molecule is CCCCCCCC/C=C\CCCCCCCCOCC(COCCCCCCCC/C=C\CCCCCCCC)NC(=O)OCCN(CC)CCO. The van der Waals surface area contributed by atoms with Gasteiger partial charge < -0.3 is 24.6 Å². The van der Waals surface area contributed by atoms with Crippen LogP contribution in [-0.2, 0) is 14.2 Å². The molecule has 1 amide bonds. The molecule has 0 unspecified atom stereocenters. The Bertz CT molecular complexity index is 731. The van der Waals surface area contributed by atoms with Crippen molar-refractivity contribution in [2.45, 2.75) is 207 Å². The molecule has 0 heterocycles. The highest BCUT2D eigenvalue weighted by atomic mass is 16.6. The molecule has 0 rings (SSSR count). The summed E-state index contributed by atoms with van der Waals surface area (Å²) in [4.78, 5) is 14.6. The van der Waals surface area contributed by atoms with Gasteiger partial charge in [0.1, 0.15) is 6.61 Å². The number of nitrogens with one attached hydrogen (secondary N) is 1. The monoisotopic (exact) mass is 751 g/mol. The van der Waals surface area contributed by atoms with E-state index in [1.54, 1.807) is 0 Å². The predicted molar refractivity (Wildman–Crippen MR) is 228 cm³/mol. The molecule has 0 fully saturated rings. The number of aliphatic hydroxyl groups is 1. The van der Waals surface area contributed by atoms with E-state index in [0.717, 1.165) is 19.4 Å². The van der Waals surface area contributed by atoms with Gasteiger partial charge in [-0.3, -0.25) is 4.90 Å². The number of carbonyl (C=O) groups is 1. The number of aliphatic hydroxyl groups excluding tert-OH is 1. The summed E-state index contributed by atoms with van der Waals surface area (Å²) in [7, 11) is 0. The largest absolute Gasteiger partial charge is 0.448 e. The van der Waals surface area contributed by atoms with Gasteiger partial charge in [0.2, 0.25) is 0 Å². The molecular weight excluding hydrogens is 661 g/mol. The maximum absolute atomic E-state index is 12.5. The lowest BCUT2D eigenvalue weighted by Crippen LogP contribution is -2.42. The first-order valence-corrected chi connectivity index (χ1v) is 22.9. The molecule has 7 nitrogen and oxygen atoms in total. The van der Waals surface area contributed by atoms with E-state index in [-0.39, 0.29) is 12.6 Å². The van der Waals surface area contributed by atoms with E-state index in [2.05, 4.69) is 48.4 Å². The van der Waals surface area contributed by atoms with E-state index < -0.39 is 6.09 Å². The van der Waals surface area contributed by atoms with Gasteiger partial charge in [0.05, 0.1) is 25.9 Å². The molecule has 0 saturated carbocycles. The fourth-order valence-corrected chi connectivity index (χ4v) is 6.53. The number of hydrogen-bond donors (Lipinski definition) is 2. The van der Waals surface area contributed by atoms with Crippen LogP contribution in [0.5, 0.6) is 0 Å². The van der Waals surface area contributed by atoms with Crippen molar-refractivity contribution in [2.75, 3.05) is 59.3 Å². The maximum Gasteiger partial charge on any atom is 0.407 e. The Hall–Kier alpha value is -1.41. The number of ether oxygens (including phenoxy) is 3. The number of carbonyl (C=O) groups excluding carboxylic acids is 1. The first-order valence-electron chi connectivity index (χ1n) is 22.9. The Morgan fingerprint density at radius 2 is 0.906 bits per heavy atom. The molecule has 0 spiro atoms. The Morgan fingerprint density at radius 3 is 1.28 bits per heavy atom. The second kappa shape index (κ2) is 45.0. The number of nitrogens with zero attached hydrogens (tertiary/aromatic N) is 1. The molecule has 53 heavy (non-hydrogen) atoms. The molecule has 0 aliphatic rings.